The standard InChI is InChI=1S/C13H15F3N2O2.ClH/c1-4-18(3)7-17-11-6-10(13(14,15)16)9(12(19)20)5-8(11)2;/h5-7H,4H2,1-3H3,(H,19,20);1H/b17-7+;. The third-order valence-corrected chi connectivity index (χ3v) is 2.76. The Morgan fingerprint density at radius 1 is 1.43 bits per heavy atom. The smallest absolute Gasteiger partial charge is 0.417 e. The number of rotatable bonds is 4. The van der Waals surface area contributed by atoms with Crippen molar-refractivity contribution >= 4 is 30.4 Å². The Morgan fingerprint density at radius 3 is 2.43 bits per heavy atom. The van der Waals surface area contributed by atoms with Gasteiger partial charge in [0.1, 0.15) is 0 Å². The predicted molar refractivity (Wildman–Crippen MR) is 76.8 cm³/mol. The van der Waals surface area contributed by atoms with Crippen molar-refractivity contribution in [2.75, 3.05) is 13.6 Å². The maximum absolute atomic E-state index is 12.9. The summed E-state index contributed by atoms with van der Waals surface area (Å²) in [5.41, 5.74) is -1.49. The Balaban J connectivity index is 0.00000400. The normalized spacial score (nSPS) is 11.3. The van der Waals surface area contributed by atoms with E-state index in [1.165, 1.54) is 13.3 Å². The number of aromatic carboxylic acids is 1. The van der Waals surface area contributed by atoms with Gasteiger partial charge in [-0.15, -0.1) is 12.4 Å². The molecule has 0 aliphatic carbocycles. The van der Waals surface area contributed by atoms with Gasteiger partial charge in [-0.1, -0.05) is 0 Å². The lowest BCUT2D eigenvalue weighted by Crippen LogP contribution is -2.15. The summed E-state index contributed by atoms with van der Waals surface area (Å²) in [4.78, 5) is 16.5. The zero-order valence-electron chi connectivity index (χ0n) is 11.7. The molecule has 0 aliphatic heterocycles. The molecule has 0 saturated carbocycles. The molecule has 1 aromatic carbocycles. The van der Waals surface area contributed by atoms with Gasteiger partial charge in [0.15, 0.2) is 0 Å². The van der Waals surface area contributed by atoms with Gasteiger partial charge in [0, 0.05) is 13.6 Å². The van der Waals surface area contributed by atoms with E-state index in [1.807, 2.05) is 6.92 Å². The highest BCUT2D eigenvalue weighted by Crippen LogP contribution is 2.36. The molecule has 0 aromatic heterocycles. The molecule has 0 aliphatic rings. The van der Waals surface area contributed by atoms with Crippen molar-refractivity contribution in [3.8, 4) is 0 Å². The quantitative estimate of drug-likeness (QED) is 0.678. The molecule has 8 heteroatoms. The molecule has 0 unspecified atom stereocenters. The van der Waals surface area contributed by atoms with Crippen LogP contribution >= 0.6 is 12.4 Å². The summed E-state index contributed by atoms with van der Waals surface area (Å²) in [6.45, 7) is 4.04. The van der Waals surface area contributed by atoms with Gasteiger partial charge in [-0.2, -0.15) is 13.2 Å². The van der Waals surface area contributed by atoms with E-state index < -0.39 is 23.3 Å². The van der Waals surface area contributed by atoms with Crippen molar-refractivity contribution in [3.05, 3.63) is 28.8 Å². The summed E-state index contributed by atoms with van der Waals surface area (Å²) in [5, 5.41) is 8.85. The van der Waals surface area contributed by atoms with Gasteiger partial charge in [-0.3, -0.25) is 0 Å². The molecule has 0 amide bonds. The van der Waals surface area contributed by atoms with Crippen molar-refractivity contribution in [2.24, 2.45) is 4.99 Å². The highest BCUT2D eigenvalue weighted by atomic mass is 35.5. The molecule has 0 heterocycles. The molecule has 21 heavy (non-hydrogen) atoms. The van der Waals surface area contributed by atoms with E-state index in [2.05, 4.69) is 4.99 Å². The SMILES string of the molecule is CCN(C)/C=N/c1cc(C(F)(F)F)c(C(=O)O)cc1C.Cl. The van der Waals surface area contributed by atoms with Gasteiger partial charge >= 0.3 is 12.1 Å². The maximum Gasteiger partial charge on any atom is 0.417 e. The van der Waals surface area contributed by atoms with E-state index in [4.69, 9.17) is 5.11 Å². The second-order valence-corrected chi connectivity index (χ2v) is 4.30. The Morgan fingerprint density at radius 2 is 2.00 bits per heavy atom. The molecule has 4 nitrogen and oxygen atoms in total. The van der Waals surface area contributed by atoms with Crippen LogP contribution in [0.1, 0.15) is 28.4 Å². The molecule has 118 valence electrons. The van der Waals surface area contributed by atoms with Gasteiger partial charge in [0.25, 0.3) is 0 Å². The largest absolute Gasteiger partial charge is 0.478 e. The Labute approximate surface area is 126 Å². The number of hydrogen-bond donors (Lipinski definition) is 1. The van der Waals surface area contributed by atoms with E-state index in [9.17, 15) is 18.0 Å². The summed E-state index contributed by atoms with van der Waals surface area (Å²) in [7, 11) is 1.73. The lowest BCUT2D eigenvalue weighted by atomic mass is 10.0. The summed E-state index contributed by atoms with van der Waals surface area (Å²) in [5.74, 6) is -1.61. The van der Waals surface area contributed by atoms with Crippen molar-refractivity contribution in [1.82, 2.24) is 4.90 Å². The van der Waals surface area contributed by atoms with Crippen LogP contribution in [-0.2, 0) is 6.18 Å². The number of hydrogen-bond acceptors (Lipinski definition) is 2. The minimum Gasteiger partial charge on any atom is -0.478 e. The minimum atomic E-state index is -4.73. The second-order valence-electron chi connectivity index (χ2n) is 4.30. The first-order chi connectivity index (χ1) is 9.16. The number of alkyl halides is 3. The fourth-order valence-electron chi connectivity index (χ4n) is 1.49. The third-order valence-electron chi connectivity index (χ3n) is 2.76. The zero-order valence-corrected chi connectivity index (χ0v) is 12.5. The van der Waals surface area contributed by atoms with Crippen molar-refractivity contribution in [1.29, 1.82) is 0 Å². The molecule has 0 bridgehead atoms. The molecule has 1 aromatic rings. The lowest BCUT2D eigenvalue weighted by molar-refractivity contribution is -0.138. The summed E-state index contributed by atoms with van der Waals surface area (Å²) in [6.07, 6.45) is -3.33. The number of aryl methyl sites for hydroxylation is 1. The van der Waals surface area contributed by atoms with E-state index in [0.717, 1.165) is 12.1 Å². The maximum atomic E-state index is 12.9. The average molecular weight is 325 g/mol. The molecular weight excluding hydrogens is 309 g/mol. The Kier molecular flexibility index (Phi) is 6.69. The van der Waals surface area contributed by atoms with Crippen LogP contribution in [0.15, 0.2) is 17.1 Å². The Bertz CT molecular complexity index is 545. The van der Waals surface area contributed by atoms with Gasteiger partial charge in [-0.25, -0.2) is 9.79 Å². The average Bonchev–Trinajstić information content (AvgIpc) is 2.34. The number of halogens is 4. The van der Waals surface area contributed by atoms with E-state index in [0.29, 0.717) is 12.1 Å². The molecular formula is C13H16ClF3N2O2. The minimum absolute atomic E-state index is 0. The second kappa shape index (κ2) is 7.31. The van der Waals surface area contributed by atoms with Crippen LogP contribution in [0.2, 0.25) is 0 Å². The van der Waals surface area contributed by atoms with E-state index in [1.54, 1.807) is 11.9 Å². The highest BCUT2D eigenvalue weighted by molar-refractivity contribution is 5.91. The molecule has 1 N–H and O–H groups in total. The number of carbonyl (C=O) groups is 1. The molecule has 0 spiro atoms. The fourth-order valence-corrected chi connectivity index (χ4v) is 1.49. The van der Waals surface area contributed by atoms with Crippen LogP contribution < -0.4 is 0 Å². The van der Waals surface area contributed by atoms with Crippen LogP contribution in [0.25, 0.3) is 0 Å². The van der Waals surface area contributed by atoms with Gasteiger partial charge in [-0.05, 0) is 31.5 Å². The predicted octanol–water partition coefficient (Wildman–Crippen LogP) is 3.75. The first-order valence-electron chi connectivity index (χ1n) is 5.86. The third kappa shape index (κ3) is 4.93. The number of carboxylic acids is 1. The molecule has 0 saturated heterocycles. The van der Waals surface area contributed by atoms with Crippen LogP contribution in [0, 0.1) is 6.92 Å². The molecule has 0 radical (unpaired) electrons. The van der Waals surface area contributed by atoms with Crippen molar-refractivity contribution in [3.63, 3.8) is 0 Å². The number of aliphatic imine (C=N–C) groups is 1. The monoisotopic (exact) mass is 324 g/mol. The fraction of sp³-hybridized carbons (Fsp3) is 0.385. The lowest BCUT2D eigenvalue weighted by Gasteiger charge is -2.13. The van der Waals surface area contributed by atoms with Crippen LogP contribution in [0.4, 0.5) is 18.9 Å². The van der Waals surface area contributed by atoms with Gasteiger partial charge < -0.3 is 10.0 Å². The Hall–Kier alpha value is -1.76. The number of nitrogens with zero attached hydrogens (tertiary/aromatic N) is 2. The summed E-state index contributed by atoms with van der Waals surface area (Å²) in [6, 6.07) is 1.75. The van der Waals surface area contributed by atoms with Crippen LogP contribution in [-0.4, -0.2) is 35.9 Å². The topological polar surface area (TPSA) is 52.9 Å². The van der Waals surface area contributed by atoms with Crippen LogP contribution in [0.3, 0.4) is 0 Å². The van der Waals surface area contributed by atoms with Crippen LogP contribution in [0.5, 0.6) is 0 Å². The van der Waals surface area contributed by atoms with Gasteiger partial charge in [0.05, 0.1) is 23.2 Å². The summed E-state index contributed by atoms with van der Waals surface area (Å²) < 4.78 is 38.6. The first kappa shape index (κ1) is 19.2. The first-order valence-corrected chi connectivity index (χ1v) is 5.86. The van der Waals surface area contributed by atoms with Crippen molar-refractivity contribution in [2.45, 2.75) is 20.0 Å². The zero-order chi connectivity index (χ0) is 15.5. The molecule has 1 rings (SSSR count). The van der Waals surface area contributed by atoms with E-state index in [-0.39, 0.29) is 18.1 Å². The number of carboxylic acid groups (broad SMARTS) is 1. The van der Waals surface area contributed by atoms with Crippen molar-refractivity contribution < 1.29 is 23.1 Å². The molecule has 0 atom stereocenters. The highest BCUT2D eigenvalue weighted by Gasteiger charge is 2.36. The summed E-state index contributed by atoms with van der Waals surface area (Å²) >= 11 is 0. The van der Waals surface area contributed by atoms with E-state index >= 15 is 0 Å². The number of benzene rings is 1. The molecule has 0 fully saturated rings. The van der Waals surface area contributed by atoms with Gasteiger partial charge in [0.2, 0.25) is 0 Å².